The van der Waals surface area contributed by atoms with Gasteiger partial charge in [0.1, 0.15) is 0 Å². The highest BCUT2D eigenvalue weighted by atomic mass is 14.8. The quantitative estimate of drug-likeness (QED) is 0.830. The maximum absolute atomic E-state index is 3.57. The lowest BCUT2D eigenvalue weighted by molar-refractivity contribution is 0.230. The number of hydrogen-bond donors (Lipinski definition) is 1. The molecule has 0 aromatic heterocycles. The summed E-state index contributed by atoms with van der Waals surface area (Å²) in [5, 5.41) is 6.41. The molecular weight excluding hydrogens is 254 g/mol. The van der Waals surface area contributed by atoms with Gasteiger partial charge in [-0.2, -0.15) is 0 Å². The van der Waals surface area contributed by atoms with E-state index in [1.807, 2.05) is 0 Å². The molecule has 21 heavy (non-hydrogen) atoms. The summed E-state index contributed by atoms with van der Waals surface area (Å²) in [6.45, 7) is 4.51. The predicted molar refractivity (Wildman–Crippen MR) is 91.6 cm³/mol. The molecule has 0 heterocycles. The predicted octanol–water partition coefficient (Wildman–Crippen LogP) is 4.80. The molecule has 0 aliphatic heterocycles. The van der Waals surface area contributed by atoms with Gasteiger partial charge in [0.2, 0.25) is 0 Å². The van der Waals surface area contributed by atoms with Crippen molar-refractivity contribution in [1.82, 2.24) is 5.32 Å². The van der Waals surface area contributed by atoms with Gasteiger partial charge in [0, 0.05) is 0 Å². The van der Waals surface area contributed by atoms with Crippen molar-refractivity contribution < 1.29 is 0 Å². The van der Waals surface area contributed by atoms with Gasteiger partial charge >= 0.3 is 0 Å². The number of rotatable bonds is 5. The summed E-state index contributed by atoms with van der Waals surface area (Å²) in [4.78, 5) is 0. The average molecular weight is 281 g/mol. The zero-order valence-corrected chi connectivity index (χ0v) is 13.1. The van der Waals surface area contributed by atoms with Gasteiger partial charge < -0.3 is 5.32 Å². The first-order valence-corrected chi connectivity index (χ1v) is 8.56. The van der Waals surface area contributed by atoms with Crippen LogP contribution >= 0.6 is 0 Å². The van der Waals surface area contributed by atoms with E-state index in [2.05, 4.69) is 54.7 Å². The number of nitrogens with one attached hydrogen (secondary N) is 1. The Morgan fingerprint density at radius 3 is 2.57 bits per heavy atom. The fourth-order valence-corrected chi connectivity index (χ4v) is 3.90. The summed E-state index contributed by atoms with van der Waals surface area (Å²) in [5.41, 5.74) is 1.54. The lowest BCUT2D eigenvalue weighted by Crippen LogP contribution is -2.31. The van der Waals surface area contributed by atoms with Crippen LogP contribution in [0.2, 0.25) is 0 Å². The molecule has 1 N–H and O–H groups in total. The van der Waals surface area contributed by atoms with E-state index in [-0.39, 0.29) is 0 Å². The molecule has 1 fully saturated rings. The Morgan fingerprint density at radius 1 is 0.952 bits per heavy atom. The van der Waals surface area contributed by atoms with Gasteiger partial charge in [0.15, 0.2) is 0 Å². The van der Waals surface area contributed by atoms with Crippen LogP contribution in [0.4, 0.5) is 0 Å². The van der Waals surface area contributed by atoms with Crippen LogP contribution in [-0.2, 0) is 6.42 Å². The van der Waals surface area contributed by atoms with E-state index in [0.29, 0.717) is 0 Å². The van der Waals surface area contributed by atoms with E-state index in [4.69, 9.17) is 0 Å². The lowest BCUT2D eigenvalue weighted by Gasteiger charge is -2.32. The van der Waals surface area contributed by atoms with Crippen molar-refractivity contribution in [2.75, 3.05) is 13.1 Å². The summed E-state index contributed by atoms with van der Waals surface area (Å²) < 4.78 is 0. The normalized spacial score (nSPS) is 22.5. The molecule has 1 aliphatic carbocycles. The van der Waals surface area contributed by atoms with E-state index in [1.165, 1.54) is 49.4 Å². The number of hydrogen-bond acceptors (Lipinski definition) is 1. The van der Waals surface area contributed by atoms with Crippen LogP contribution in [0, 0.1) is 11.8 Å². The SMILES string of the molecule is CCNCC1CCCCC1Cc1cccc2ccccc12. The molecule has 0 radical (unpaired) electrons. The summed E-state index contributed by atoms with van der Waals surface area (Å²) in [6, 6.07) is 15.6. The molecule has 112 valence electrons. The van der Waals surface area contributed by atoms with Crippen molar-refractivity contribution in [3.05, 3.63) is 48.0 Å². The minimum Gasteiger partial charge on any atom is -0.317 e. The first-order valence-electron chi connectivity index (χ1n) is 8.56. The smallest absolute Gasteiger partial charge is 0.00179 e. The Balaban J connectivity index is 1.79. The van der Waals surface area contributed by atoms with E-state index >= 15 is 0 Å². The zero-order valence-electron chi connectivity index (χ0n) is 13.1. The van der Waals surface area contributed by atoms with Gasteiger partial charge in [-0.25, -0.2) is 0 Å². The molecular formula is C20H27N. The third-order valence-electron chi connectivity index (χ3n) is 5.09. The van der Waals surface area contributed by atoms with E-state index < -0.39 is 0 Å². The maximum Gasteiger partial charge on any atom is -0.00179 e. The molecule has 2 atom stereocenters. The van der Waals surface area contributed by atoms with Crippen LogP contribution in [0.5, 0.6) is 0 Å². The van der Waals surface area contributed by atoms with Crippen LogP contribution in [-0.4, -0.2) is 13.1 Å². The highest BCUT2D eigenvalue weighted by Crippen LogP contribution is 2.33. The Kier molecular flexibility index (Phi) is 4.92. The standard InChI is InChI=1S/C20H27N/c1-2-21-15-19-10-4-3-9-17(19)14-18-12-7-11-16-8-5-6-13-20(16)18/h5-8,11-13,17,19,21H,2-4,9-10,14-15H2,1H3. The van der Waals surface area contributed by atoms with Crippen molar-refractivity contribution in [2.45, 2.75) is 39.0 Å². The topological polar surface area (TPSA) is 12.0 Å². The van der Waals surface area contributed by atoms with Crippen LogP contribution in [0.3, 0.4) is 0 Å². The molecule has 1 nitrogen and oxygen atoms in total. The van der Waals surface area contributed by atoms with E-state index in [9.17, 15) is 0 Å². The Labute approximate surface area is 128 Å². The fourth-order valence-electron chi connectivity index (χ4n) is 3.90. The molecule has 1 heteroatoms. The van der Waals surface area contributed by atoms with Crippen LogP contribution in [0.25, 0.3) is 10.8 Å². The molecule has 0 amide bonds. The molecule has 2 aromatic carbocycles. The largest absolute Gasteiger partial charge is 0.317 e. The molecule has 0 spiro atoms. The summed E-state index contributed by atoms with van der Waals surface area (Å²) >= 11 is 0. The minimum absolute atomic E-state index is 0.851. The average Bonchev–Trinajstić information content (AvgIpc) is 2.54. The van der Waals surface area contributed by atoms with E-state index in [0.717, 1.165) is 18.4 Å². The first-order chi connectivity index (χ1) is 10.4. The maximum atomic E-state index is 3.57. The molecule has 3 rings (SSSR count). The lowest BCUT2D eigenvalue weighted by atomic mass is 9.75. The van der Waals surface area contributed by atoms with Crippen molar-refractivity contribution >= 4 is 10.8 Å². The molecule has 0 bridgehead atoms. The van der Waals surface area contributed by atoms with Crippen molar-refractivity contribution in [2.24, 2.45) is 11.8 Å². The van der Waals surface area contributed by atoms with Gasteiger partial charge in [-0.15, -0.1) is 0 Å². The summed E-state index contributed by atoms with van der Waals surface area (Å²) in [7, 11) is 0. The van der Waals surface area contributed by atoms with Crippen LogP contribution in [0.15, 0.2) is 42.5 Å². The Hall–Kier alpha value is -1.34. The third-order valence-corrected chi connectivity index (χ3v) is 5.09. The first kappa shape index (κ1) is 14.6. The number of fused-ring (bicyclic) bond motifs is 1. The van der Waals surface area contributed by atoms with Crippen molar-refractivity contribution in [1.29, 1.82) is 0 Å². The van der Waals surface area contributed by atoms with Gasteiger partial charge in [-0.05, 0) is 60.5 Å². The number of benzene rings is 2. The van der Waals surface area contributed by atoms with Gasteiger partial charge in [0.25, 0.3) is 0 Å². The molecule has 1 aliphatic rings. The molecule has 1 saturated carbocycles. The highest BCUT2D eigenvalue weighted by Gasteiger charge is 2.25. The summed E-state index contributed by atoms with van der Waals surface area (Å²) in [5.74, 6) is 1.71. The van der Waals surface area contributed by atoms with Crippen molar-refractivity contribution in [3.63, 3.8) is 0 Å². The van der Waals surface area contributed by atoms with E-state index in [1.54, 1.807) is 5.56 Å². The second-order valence-corrected chi connectivity index (χ2v) is 6.45. The molecule has 2 aromatic rings. The highest BCUT2D eigenvalue weighted by molar-refractivity contribution is 5.85. The Bertz CT molecular complexity index is 570. The minimum atomic E-state index is 0.851. The van der Waals surface area contributed by atoms with Crippen LogP contribution < -0.4 is 5.32 Å². The third kappa shape index (κ3) is 3.47. The van der Waals surface area contributed by atoms with Gasteiger partial charge in [0.05, 0.1) is 0 Å². The fraction of sp³-hybridized carbons (Fsp3) is 0.500. The zero-order chi connectivity index (χ0) is 14.5. The molecule has 2 unspecified atom stereocenters. The van der Waals surface area contributed by atoms with Gasteiger partial charge in [-0.1, -0.05) is 62.2 Å². The summed E-state index contributed by atoms with van der Waals surface area (Å²) in [6.07, 6.45) is 6.89. The van der Waals surface area contributed by atoms with Gasteiger partial charge in [-0.3, -0.25) is 0 Å². The van der Waals surface area contributed by atoms with Crippen molar-refractivity contribution in [3.8, 4) is 0 Å². The van der Waals surface area contributed by atoms with Crippen LogP contribution in [0.1, 0.15) is 38.2 Å². The second kappa shape index (κ2) is 7.09. The monoisotopic (exact) mass is 281 g/mol. The molecule has 0 saturated heterocycles. The second-order valence-electron chi connectivity index (χ2n) is 6.45. The Morgan fingerprint density at radius 2 is 1.71 bits per heavy atom.